The highest BCUT2D eigenvalue weighted by Gasteiger charge is 2.22. The first-order valence-corrected chi connectivity index (χ1v) is 7.29. The molecule has 2 rings (SSSR count). The highest BCUT2D eigenvalue weighted by molar-refractivity contribution is 5.81. The molecule has 2 aliphatic rings. The summed E-state index contributed by atoms with van der Waals surface area (Å²) in [7, 11) is 0. The van der Waals surface area contributed by atoms with Gasteiger partial charge in [-0.2, -0.15) is 0 Å². The maximum atomic E-state index is 11.9. The highest BCUT2D eigenvalue weighted by atomic mass is 16.2. The molecular weight excluding hydrogens is 212 g/mol. The van der Waals surface area contributed by atoms with Crippen LogP contribution >= 0.6 is 0 Å². The first-order valence-electron chi connectivity index (χ1n) is 7.29. The van der Waals surface area contributed by atoms with Crippen LogP contribution in [-0.2, 0) is 4.79 Å². The van der Waals surface area contributed by atoms with Crippen LogP contribution in [0.2, 0.25) is 0 Å². The maximum Gasteiger partial charge on any atom is 0.237 e. The molecule has 0 saturated heterocycles. The van der Waals surface area contributed by atoms with Gasteiger partial charge in [-0.25, -0.2) is 0 Å². The van der Waals surface area contributed by atoms with Gasteiger partial charge in [-0.1, -0.05) is 32.1 Å². The number of rotatable bonds is 6. The molecular formula is C14H26N2O. The van der Waals surface area contributed by atoms with Crippen molar-refractivity contribution in [1.29, 1.82) is 0 Å². The molecule has 98 valence electrons. The molecule has 1 amide bonds. The molecule has 0 heterocycles. The Labute approximate surface area is 105 Å². The summed E-state index contributed by atoms with van der Waals surface area (Å²) in [6, 6.07) is 0.402. The fourth-order valence-electron chi connectivity index (χ4n) is 2.58. The molecule has 2 N–H and O–H groups in total. The molecule has 0 radical (unpaired) electrons. The molecule has 2 aliphatic carbocycles. The van der Waals surface area contributed by atoms with Crippen LogP contribution in [0.3, 0.4) is 0 Å². The van der Waals surface area contributed by atoms with Crippen LogP contribution in [0.25, 0.3) is 0 Å². The average Bonchev–Trinajstić information content (AvgIpc) is 3.14. The van der Waals surface area contributed by atoms with E-state index in [1.807, 2.05) is 6.92 Å². The van der Waals surface area contributed by atoms with Crippen molar-refractivity contribution in [2.75, 3.05) is 6.54 Å². The summed E-state index contributed by atoms with van der Waals surface area (Å²) in [5.41, 5.74) is 0. The van der Waals surface area contributed by atoms with E-state index in [0.29, 0.717) is 6.04 Å². The van der Waals surface area contributed by atoms with Gasteiger partial charge in [0.15, 0.2) is 0 Å². The number of hydrogen-bond donors (Lipinski definition) is 2. The van der Waals surface area contributed by atoms with Crippen LogP contribution in [0.5, 0.6) is 0 Å². The minimum atomic E-state index is -0.0318. The molecule has 0 bridgehead atoms. The predicted molar refractivity (Wildman–Crippen MR) is 69.8 cm³/mol. The Kier molecular flexibility index (Phi) is 4.84. The van der Waals surface area contributed by atoms with Gasteiger partial charge in [0.05, 0.1) is 6.04 Å². The van der Waals surface area contributed by atoms with Crippen molar-refractivity contribution >= 4 is 5.91 Å². The van der Waals surface area contributed by atoms with E-state index in [2.05, 4.69) is 10.6 Å². The molecule has 2 saturated carbocycles. The number of carbonyl (C=O) groups excluding carboxylic acids is 1. The van der Waals surface area contributed by atoms with E-state index in [4.69, 9.17) is 0 Å². The predicted octanol–water partition coefficient (Wildman–Crippen LogP) is 2.21. The molecule has 0 aromatic heterocycles. The van der Waals surface area contributed by atoms with Gasteiger partial charge < -0.3 is 10.6 Å². The Bertz CT molecular complexity index is 245. The second-order valence-corrected chi connectivity index (χ2v) is 5.75. The highest BCUT2D eigenvalue weighted by Crippen LogP contribution is 2.31. The van der Waals surface area contributed by atoms with E-state index in [-0.39, 0.29) is 11.9 Å². The lowest BCUT2D eigenvalue weighted by molar-refractivity contribution is -0.123. The Hall–Kier alpha value is -0.570. The number of hydrogen-bond acceptors (Lipinski definition) is 2. The lowest BCUT2D eigenvalue weighted by atomic mass is 9.95. The molecule has 0 aliphatic heterocycles. The van der Waals surface area contributed by atoms with Crippen LogP contribution < -0.4 is 10.6 Å². The molecule has 0 spiro atoms. The zero-order chi connectivity index (χ0) is 12.1. The van der Waals surface area contributed by atoms with E-state index in [1.165, 1.54) is 51.4 Å². The van der Waals surface area contributed by atoms with Crippen molar-refractivity contribution in [2.45, 2.75) is 70.4 Å². The summed E-state index contributed by atoms with van der Waals surface area (Å²) >= 11 is 0. The Balaban J connectivity index is 1.59. The third-order valence-corrected chi connectivity index (χ3v) is 4.04. The molecule has 3 heteroatoms. The summed E-state index contributed by atoms with van der Waals surface area (Å²) in [5.74, 6) is 1.13. The molecule has 0 aromatic rings. The zero-order valence-electron chi connectivity index (χ0n) is 11.0. The smallest absolute Gasteiger partial charge is 0.237 e. The topological polar surface area (TPSA) is 41.1 Å². The van der Waals surface area contributed by atoms with Gasteiger partial charge >= 0.3 is 0 Å². The fraction of sp³-hybridized carbons (Fsp3) is 0.929. The molecule has 1 unspecified atom stereocenters. The normalized spacial score (nSPS) is 23.4. The zero-order valence-corrected chi connectivity index (χ0v) is 11.0. The van der Waals surface area contributed by atoms with Gasteiger partial charge in [0.2, 0.25) is 5.91 Å². The van der Waals surface area contributed by atoms with Crippen molar-refractivity contribution in [3.63, 3.8) is 0 Å². The Morgan fingerprint density at radius 2 is 1.88 bits per heavy atom. The van der Waals surface area contributed by atoms with Crippen molar-refractivity contribution in [3.8, 4) is 0 Å². The van der Waals surface area contributed by atoms with Crippen LogP contribution in [0.15, 0.2) is 0 Å². The first-order chi connectivity index (χ1) is 8.25. The van der Waals surface area contributed by atoms with Gasteiger partial charge in [0, 0.05) is 6.04 Å². The largest absolute Gasteiger partial charge is 0.352 e. The number of carbonyl (C=O) groups is 1. The van der Waals surface area contributed by atoms with Crippen molar-refractivity contribution < 1.29 is 4.79 Å². The van der Waals surface area contributed by atoms with Crippen LogP contribution in [0.4, 0.5) is 0 Å². The summed E-state index contributed by atoms with van der Waals surface area (Å²) in [6.45, 7) is 2.97. The summed E-state index contributed by atoms with van der Waals surface area (Å²) < 4.78 is 0. The minimum absolute atomic E-state index is 0.0318. The molecule has 1 atom stereocenters. The van der Waals surface area contributed by atoms with E-state index in [1.54, 1.807) is 0 Å². The summed E-state index contributed by atoms with van der Waals surface area (Å²) in [4.78, 5) is 11.9. The molecule has 0 aromatic carbocycles. The van der Waals surface area contributed by atoms with Gasteiger partial charge in [-0.3, -0.25) is 4.79 Å². The standard InChI is InChI=1S/C14H26N2O/c1-11(15-10-9-12-7-8-12)14(17)16-13-5-3-2-4-6-13/h11-13,15H,2-10H2,1H3,(H,16,17). The average molecular weight is 238 g/mol. The van der Waals surface area contributed by atoms with Gasteiger partial charge in [-0.15, -0.1) is 0 Å². The molecule has 3 nitrogen and oxygen atoms in total. The molecule has 17 heavy (non-hydrogen) atoms. The van der Waals surface area contributed by atoms with E-state index in [0.717, 1.165) is 12.5 Å². The monoisotopic (exact) mass is 238 g/mol. The second-order valence-electron chi connectivity index (χ2n) is 5.75. The van der Waals surface area contributed by atoms with Gasteiger partial charge in [0.25, 0.3) is 0 Å². The number of amides is 1. The Morgan fingerprint density at radius 1 is 1.18 bits per heavy atom. The first kappa shape index (κ1) is 12.9. The third kappa shape index (κ3) is 4.66. The lowest BCUT2D eigenvalue weighted by Gasteiger charge is -2.24. The van der Waals surface area contributed by atoms with Crippen molar-refractivity contribution in [2.24, 2.45) is 5.92 Å². The van der Waals surface area contributed by atoms with Crippen LogP contribution in [0, 0.1) is 5.92 Å². The van der Waals surface area contributed by atoms with E-state index in [9.17, 15) is 4.79 Å². The van der Waals surface area contributed by atoms with Gasteiger partial charge in [0.1, 0.15) is 0 Å². The minimum Gasteiger partial charge on any atom is -0.352 e. The van der Waals surface area contributed by atoms with E-state index >= 15 is 0 Å². The van der Waals surface area contributed by atoms with Crippen LogP contribution in [0.1, 0.15) is 58.3 Å². The summed E-state index contributed by atoms with van der Waals surface area (Å²) in [6.07, 6.45) is 10.2. The third-order valence-electron chi connectivity index (χ3n) is 4.04. The summed E-state index contributed by atoms with van der Waals surface area (Å²) in [5, 5.41) is 6.50. The number of nitrogens with one attached hydrogen (secondary N) is 2. The maximum absolute atomic E-state index is 11.9. The van der Waals surface area contributed by atoms with Crippen LogP contribution in [-0.4, -0.2) is 24.5 Å². The van der Waals surface area contributed by atoms with Crippen molar-refractivity contribution in [3.05, 3.63) is 0 Å². The van der Waals surface area contributed by atoms with Crippen molar-refractivity contribution in [1.82, 2.24) is 10.6 Å². The Morgan fingerprint density at radius 3 is 2.53 bits per heavy atom. The quantitative estimate of drug-likeness (QED) is 0.745. The van der Waals surface area contributed by atoms with E-state index < -0.39 is 0 Å². The second kappa shape index (κ2) is 6.39. The SMILES string of the molecule is CC(NCCC1CC1)C(=O)NC1CCCCC1. The fourth-order valence-corrected chi connectivity index (χ4v) is 2.58. The lowest BCUT2D eigenvalue weighted by Crippen LogP contribution is -2.47. The molecule has 2 fully saturated rings. The van der Waals surface area contributed by atoms with Gasteiger partial charge in [-0.05, 0) is 38.6 Å².